The summed E-state index contributed by atoms with van der Waals surface area (Å²) in [6, 6.07) is 5.85. The molecule has 0 aliphatic heterocycles. The number of benzene rings is 1. The first-order chi connectivity index (χ1) is 9.67. The molecule has 0 saturated carbocycles. The van der Waals surface area contributed by atoms with Gasteiger partial charge in [0.15, 0.2) is 5.96 Å². The van der Waals surface area contributed by atoms with Gasteiger partial charge in [-0.3, -0.25) is 4.99 Å². The Hall–Kier alpha value is -0.780. The lowest BCUT2D eigenvalue weighted by molar-refractivity contribution is 0.145. The van der Waals surface area contributed by atoms with Crippen molar-refractivity contribution >= 4 is 33.5 Å². The Morgan fingerprint density at radius 3 is 2.85 bits per heavy atom. The first-order valence-electron chi connectivity index (χ1n) is 6.63. The summed E-state index contributed by atoms with van der Waals surface area (Å²) < 4.78 is 6.26. The molecule has 6 heteroatoms. The van der Waals surface area contributed by atoms with Gasteiger partial charge in [0.1, 0.15) is 0 Å². The minimum Gasteiger partial charge on any atom is -0.382 e. The average Bonchev–Trinajstić information content (AvgIpc) is 2.43. The van der Waals surface area contributed by atoms with Crippen LogP contribution in [0.2, 0.25) is 5.02 Å². The maximum atomic E-state index is 6.17. The van der Waals surface area contributed by atoms with Crippen LogP contribution in [-0.4, -0.2) is 32.8 Å². The summed E-state index contributed by atoms with van der Waals surface area (Å²) in [5.41, 5.74) is 1.03. The van der Waals surface area contributed by atoms with Crippen molar-refractivity contribution in [1.29, 1.82) is 0 Å². The zero-order valence-electron chi connectivity index (χ0n) is 11.9. The Morgan fingerprint density at radius 1 is 1.40 bits per heavy atom. The van der Waals surface area contributed by atoms with Gasteiger partial charge in [0.05, 0.1) is 0 Å². The predicted octanol–water partition coefficient (Wildman–Crippen LogP) is 3.19. The van der Waals surface area contributed by atoms with Gasteiger partial charge >= 0.3 is 0 Å². The van der Waals surface area contributed by atoms with Crippen molar-refractivity contribution in [2.75, 3.05) is 26.8 Å². The molecule has 0 fully saturated rings. The van der Waals surface area contributed by atoms with E-state index in [1.165, 1.54) is 0 Å². The topological polar surface area (TPSA) is 45.6 Å². The van der Waals surface area contributed by atoms with Gasteiger partial charge in [0.2, 0.25) is 0 Å². The molecule has 1 rings (SSSR count). The molecular weight excluding hydrogens is 342 g/mol. The maximum absolute atomic E-state index is 6.17. The Morgan fingerprint density at radius 2 is 2.20 bits per heavy atom. The molecule has 0 atom stereocenters. The predicted molar refractivity (Wildman–Crippen MR) is 88.5 cm³/mol. The van der Waals surface area contributed by atoms with Crippen LogP contribution in [0.25, 0.3) is 0 Å². The Balaban J connectivity index is 2.34. The van der Waals surface area contributed by atoms with Crippen LogP contribution >= 0.6 is 27.5 Å². The van der Waals surface area contributed by atoms with Gasteiger partial charge in [-0.15, -0.1) is 0 Å². The van der Waals surface area contributed by atoms with Crippen molar-refractivity contribution in [3.05, 3.63) is 33.3 Å². The highest BCUT2D eigenvalue weighted by Crippen LogP contribution is 2.20. The Kier molecular flexibility index (Phi) is 8.65. The second-order valence-corrected chi connectivity index (χ2v) is 5.46. The lowest BCUT2D eigenvalue weighted by Gasteiger charge is -2.12. The normalized spacial score (nSPS) is 11.5. The van der Waals surface area contributed by atoms with E-state index in [1.54, 1.807) is 7.05 Å². The molecule has 112 valence electrons. The highest BCUT2D eigenvalue weighted by Gasteiger charge is 2.02. The quantitative estimate of drug-likeness (QED) is 0.445. The number of hydrogen-bond donors (Lipinski definition) is 2. The minimum atomic E-state index is 0.636. The molecule has 0 saturated heterocycles. The third kappa shape index (κ3) is 6.59. The van der Waals surface area contributed by atoms with Crippen LogP contribution in [0.4, 0.5) is 0 Å². The van der Waals surface area contributed by atoms with E-state index in [0.717, 1.165) is 47.2 Å². The summed E-state index contributed by atoms with van der Waals surface area (Å²) in [7, 11) is 1.75. The first kappa shape index (κ1) is 17.3. The van der Waals surface area contributed by atoms with E-state index in [0.29, 0.717) is 6.54 Å². The zero-order chi connectivity index (χ0) is 14.8. The SMILES string of the molecule is CCOCCCNC(=NC)NCc1ccc(Br)cc1Cl. The largest absolute Gasteiger partial charge is 0.382 e. The lowest BCUT2D eigenvalue weighted by atomic mass is 10.2. The van der Waals surface area contributed by atoms with Crippen LogP contribution in [-0.2, 0) is 11.3 Å². The van der Waals surface area contributed by atoms with Crippen molar-refractivity contribution in [3.63, 3.8) is 0 Å². The number of hydrogen-bond acceptors (Lipinski definition) is 2. The molecule has 0 amide bonds. The summed E-state index contributed by atoms with van der Waals surface area (Å²) >= 11 is 9.56. The smallest absolute Gasteiger partial charge is 0.191 e. The van der Waals surface area contributed by atoms with Crippen molar-refractivity contribution in [1.82, 2.24) is 10.6 Å². The summed E-state index contributed by atoms with van der Waals surface area (Å²) in [6.45, 7) is 4.98. The lowest BCUT2D eigenvalue weighted by Crippen LogP contribution is -2.37. The summed E-state index contributed by atoms with van der Waals surface area (Å²) in [6.07, 6.45) is 0.952. The highest BCUT2D eigenvalue weighted by atomic mass is 79.9. The van der Waals surface area contributed by atoms with E-state index in [4.69, 9.17) is 16.3 Å². The van der Waals surface area contributed by atoms with Crippen molar-refractivity contribution in [2.45, 2.75) is 19.9 Å². The zero-order valence-corrected chi connectivity index (χ0v) is 14.2. The molecule has 20 heavy (non-hydrogen) atoms. The molecule has 0 spiro atoms. The molecule has 0 aliphatic carbocycles. The van der Waals surface area contributed by atoms with Crippen molar-refractivity contribution < 1.29 is 4.74 Å². The summed E-state index contributed by atoms with van der Waals surface area (Å²) in [5, 5.41) is 7.21. The van der Waals surface area contributed by atoms with E-state index in [2.05, 4.69) is 31.6 Å². The molecule has 0 radical (unpaired) electrons. The van der Waals surface area contributed by atoms with Crippen molar-refractivity contribution in [3.8, 4) is 0 Å². The van der Waals surface area contributed by atoms with Crippen LogP contribution in [0.15, 0.2) is 27.7 Å². The number of nitrogens with zero attached hydrogens (tertiary/aromatic N) is 1. The fraction of sp³-hybridized carbons (Fsp3) is 0.500. The van der Waals surface area contributed by atoms with Crippen molar-refractivity contribution in [2.24, 2.45) is 4.99 Å². The third-order valence-electron chi connectivity index (χ3n) is 2.65. The van der Waals surface area contributed by atoms with E-state index in [1.807, 2.05) is 25.1 Å². The fourth-order valence-electron chi connectivity index (χ4n) is 1.59. The molecule has 2 N–H and O–H groups in total. The minimum absolute atomic E-state index is 0.636. The van der Waals surface area contributed by atoms with E-state index in [-0.39, 0.29) is 0 Å². The number of ether oxygens (including phenoxy) is 1. The van der Waals surface area contributed by atoms with E-state index >= 15 is 0 Å². The van der Waals surface area contributed by atoms with Gasteiger partial charge in [-0.05, 0) is 31.0 Å². The van der Waals surface area contributed by atoms with Gasteiger partial charge in [-0.2, -0.15) is 0 Å². The van der Waals surface area contributed by atoms with Gasteiger partial charge < -0.3 is 15.4 Å². The van der Waals surface area contributed by atoms with Crippen LogP contribution in [0.1, 0.15) is 18.9 Å². The fourth-order valence-corrected chi connectivity index (χ4v) is 2.33. The maximum Gasteiger partial charge on any atom is 0.191 e. The molecule has 0 aromatic heterocycles. The first-order valence-corrected chi connectivity index (χ1v) is 7.80. The second kappa shape index (κ2) is 10.0. The number of rotatable bonds is 7. The van der Waals surface area contributed by atoms with Gasteiger partial charge in [-0.25, -0.2) is 0 Å². The van der Waals surface area contributed by atoms with Crippen LogP contribution in [0.3, 0.4) is 0 Å². The molecule has 0 bridgehead atoms. The highest BCUT2D eigenvalue weighted by molar-refractivity contribution is 9.10. The molecule has 1 aromatic rings. The number of nitrogens with one attached hydrogen (secondary N) is 2. The van der Waals surface area contributed by atoms with Crippen LogP contribution in [0, 0.1) is 0 Å². The number of guanidine groups is 1. The summed E-state index contributed by atoms with van der Waals surface area (Å²) in [4.78, 5) is 4.17. The second-order valence-electron chi connectivity index (χ2n) is 4.14. The van der Waals surface area contributed by atoms with E-state index < -0.39 is 0 Å². The van der Waals surface area contributed by atoms with Crippen LogP contribution < -0.4 is 10.6 Å². The van der Waals surface area contributed by atoms with Crippen LogP contribution in [0.5, 0.6) is 0 Å². The van der Waals surface area contributed by atoms with E-state index in [9.17, 15) is 0 Å². The molecule has 4 nitrogen and oxygen atoms in total. The average molecular weight is 363 g/mol. The number of halogens is 2. The molecule has 0 aliphatic rings. The van der Waals surface area contributed by atoms with Gasteiger partial charge in [0, 0.05) is 42.8 Å². The molecular formula is C14H21BrClN3O. The Labute approximate surface area is 134 Å². The third-order valence-corrected chi connectivity index (χ3v) is 3.49. The standard InChI is InChI=1S/C14H21BrClN3O/c1-3-20-8-4-7-18-14(17-2)19-10-11-5-6-12(15)9-13(11)16/h5-6,9H,3-4,7-8,10H2,1-2H3,(H2,17,18,19). The monoisotopic (exact) mass is 361 g/mol. The molecule has 0 heterocycles. The van der Waals surface area contributed by atoms with Gasteiger partial charge in [0.25, 0.3) is 0 Å². The van der Waals surface area contributed by atoms with Gasteiger partial charge in [-0.1, -0.05) is 33.6 Å². The molecule has 1 aromatic carbocycles. The molecule has 0 unspecified atom stereocenters. The summed E-state index contributed by atoms with van der Waals surface area (Å²) in [5.74, 6) is 0.764. The Bertz CT molecular complexity index is 440. The number of aliphatic imine (C=N–C) groups is 1.